The van der Waals surface area contributed by atoms with Gasteiger partial charge in [0.15, 0.2) is 5.16 Å². The molecule has 132 valence electrons. The molecule has 0 spiro atoms. The number of pyridine rings is 1. The summed E-state index contributed by atoms with van der Waals surface area (Å²) in [6, 6.07) is 12.5. The van der Waals surface area contributed by atoms with E-state index in [1.165, 1.54) is 17.7 Å². The van der Waals surface area contributed by atoms with Crippen LogP contribution in [0.3, 0.4) is 0 Å². The number of rotatable bonds is 4. The lowest BCUT2D eigenvalue weighted by molar-refractivity contribution is 0.239. The highest BCUT2D eigenvalue weighted by Gasteiger charge is 2.19. The van der Waals surface area contributed by atoms with Gasteiger partial charge in [-0.25, -0.2) is 14.4 Å². The average molecular weight is 366 g/mol. The zero-order chi connectivity index (χ0) is 17.9. The van der Waals surface area contributed by atoms with Crippen LogP contribution in [0.25, 0.3) is 11.3 Å². The van der Waals surface area contributed by atoms with Crippen molar-refractivity contribution in [3.8, 4) is 11.3 Å². The molecule has 0 fully saturated rings. The molecule has 0 amide bonds. The molecule has 26 heavy (non-hydrogen) atoms. The molecule has 0 atom stereocenters. The van der Waals surface area contributed by atoms with Gasteiger partial charge in [-0.2, -0.15) is 0 Å². The number of fused-ring (bicyclic) bond motifs is 1. The average Bonchev–Trinajstić information content (AvgIpc) is 2.68. The smallest absolute Gasteiger partial charge is 0.187 e. The van der Waals surface area contributed by atoms with Crippen molar-refractivity contribution in [2.75, 3.05) is 12.8 Å². The first kappa shape index (κ1) is 17.1. The van der Waals surface area contributed by atoms with Crippen LogP contribution in [0.1, 0.15) is 17.0 Å². The molecular weight excluding hydrogens is 347 g/mol. The van der Waals surface area contributed by atoms with E-state index >= 15 is 0 Å². The Morgan fingerprint density at radius 2 is 1.96 bits per heavy atom. The molecule has 4 rings (SSSR count). The minimum absolute atomic E-state index is 0.233. The largest absolute Gasteiger partial charge is 0.293 e. The lowest BCUT2D eigenvalue weighted by Crippen LogP contribution is -2.31. The van der Waals surface area contributed by atoms with Gasteiger partial charge in [-0.15, -0.1) is 0 Å². The van der Waals surface area contributed by atoms with Gasteiger partial charge in [0.1, 0.15) is 5.82 Å². The molecule has 0 radical (unpaired) electrons. The number of hydrogen-bond donors (Lipinski definition) is 0. The van der Waals surface area contributed by atoms with Crippen molar-refractivity contribution in [3.05, 3.63) is 71.4 Å². The summed E-state index contributed by atoms with van der Waals surface area (Å²) >= 11 is 1.58. The molecule has 0 saturated carbocycles. The highest BCUT2D eigenvalue weighted by Crippen LogP contribution is 2.22. The van der Waals surface area contributed by atoms with Crippen molar-refractivity contribution in [2.24, 2.45) is 0 Å². The van der Waals surface area contributed by atoms with Gasteiger partial charge in [-0.05, 0) is 42.7 Å². The van der Waals surface area contributed by atoms with Gasteiger partial charge in [-0.3, -0.25) is 9.88 Å². The van der Waals surface area contributed by atoms with Crippen molar-refractivity contribution in [1.29, 1.82) is 0 Å². The summed E-state index contributed by atoms with van der Waals surface area (Å²) in [7, 11) is 0. The summed E-state index contributed by atoms with van der Waals surface area (Å²) in [5.41, 5.74) is 5.16. The first-order chi connectivity index (χ1) is 12.7. The van der Waals surface area contributed by atoms with Crippen molar-refractivity contribution in [2.45, 2.75) is 24.7 Å². The van der Waals surface area contributed by atoms with E-state index in [0.29, 0.717) is 0 Å². The molecule has 6 heteroatoms. The maximum Gasteiger partial charge on any atom is 0.187 e. The molecule has 0 bridgehead atoms. The van der Waals surface area contributed by atoms with E-state index < -0.39 is 0 Å². The Morgan fingerprint density at radius 3 is 2.77 bits per heavy atom. The highest BCUT2D eigenvalue weighted by atomic mass is 32.2. The second kappa shape index (κ2) is 7.51. The SMILES string of the molecule is CSc1ncc2c(n1)CCN(Cc1cccc(-c3ccc(F)cc3)n1)C2. The van der Waals surface area contributed by atoms with Gasteiger partial charge >= 0.3 is 0 Å². The van der Waals surface area contributed by atoms with Crippen molar-refractivity contribution >= 4 is 11.8 Å². The molecule has 1 aliphatic heterocycles. The van der Waals surface area contributed by atoms with Gasteiger partial charge in [0, 0.05) is 43.4 Å². The Bertz CT molecular complexity index is 914. The minimum atomic E-state index is -0.233. The molecule has 1 aliphatic rings. The Labute approximate surface area is 156 Å². The van der Waals surface area contributed by atoms with E-state index in [1.54, 1.807) is 23.9 Å². The fourth-order valence-electron chi connectivity index (χ4n) is 3.17. The molecular formula is C20H19FN4S. The van der Waals surface area contributed by atoms with Crippen LogP contribution in [0.4, 0.5) is 4.39 Å². The molecule has 4 nitrogen and oxygen atoms in total. The number of halogens is 1. The molecule has 1 aromatic carbocycles. The van der Waals surface area contributed by atoms with Crippen molar-refractivity contribution in [3.63, 3.8) is 0 Å². The molecule has 0 N–H and O–H groups in total. The normalized spacial score (nSPS) is 14.2. The van der Waals surface area contributed by atoms with E-state index in [-0.39, 0.29) is 5.82 Å². The zero-order valence-corrected chi connectivity index (χ0v) is 15.3. The fourth-order valence-corrected chi connectivity index (χ4v) is 3.53. The third kappa shape index (κ3) is 3.76. The van der Waals surface area contributed by atoms with Gasteiger partial charge in [0.25, 0.3) is 0 Å². The summed E-state index contributed by atoms with van der Waals surface area (Å²) in [6.07, 6.45) is 4.88. The number of nitrogens with zero attached hydrogens (tertiary/aromatic N) is 4. The monoisotopic (exact) mass is 366 g/mol. The van der Waals surface area contributed by atoms with Crippen molar-refractivity contribution in [1.82, 2.24) is 19.9 Å². The lowest BCUT2D eigenvalue weighted by atomic mass is 10.1. The van der Waals surface area contributed by atoms with Crippen LogP contribution in [0.5, 0.6) is 0 Å². The van der Waals surface area contributed by atoms with Crippen LogP contribution in [0.2, 0.25) is 0 Å². The molecule has 2 aromatic heterocycles. The third-order valence-corrected chi connectivity index (χ3v) is 5.07. The zero-order valence-electron chi connectivity index (χ0n) is 14.5. The van der Waals surface area contributed by atoms with Crippen LogP contribution in [0, 0.1) is 5.82 Å². The van der Waals surface area contributed by atoms with Crippen LogP contribution in [0.15, 0.2) is 53.8 Å². The minimum Gasteiger partial charge on any atom is -0.293 e. The molecule has 3 aromatic rings. The van der Waals surface area contributed by atoms with E-state index in [2.05, 4.69) is 14.9 Å². The molecule has 0 saturated heterocycles. The standard InChI is InChI=1S/C20H19FN4S/c1-26-20-22-11-15-12-25(10-9-19(15)24-20)13-17-3-2-4-18(23-17)14-5-7-16(21)8-6-14/h2-8,11H,9-10,12-13H2,1H3. The van der Waals surface area contributed by atoms with E-state index in [0.717, 1.165) is 53.9 Å². The fraction of sp³-hybridized carbons (Fsp3) is 0.250. The summed E-state index contributed by atoms with van der Waals surface area (Å²) in [6.45, 7) is 2.57. The second-order valence-corrected chi connectivity index (χ2v) is 7.08. The molecule has 0 aliphatic carbocycles. The quantitative estimate of drug-likeness (QED) is 0.516. The first-order valence-electron chi connectivity index (χ1n) is 8.54. The van der Waals surface area contributed by atoms with Crippen LogP contribution >= 0.6 is 11.8 Å². The number of benzene rings is 1. The topological polar surface area (TPSA) is 41.9 Å². The Morgan fingerprint density at radius 1 is 1.12 bits per heavy atom. The Balaban J connectivity index is 1.49. The number of hydrogen-bond acceptors (Lipinski definition) is 5. The van der Waals surface area contributed by atoms with Crippen LogP contribution < -0.4 is 0 Å². The van der Waals surface area contributed by atoms with Crippen LogP contribution in [-0.4, -0.2) is 32.7 Å². The maximum atomic E-state index is 13.1. The van der Waals surface area contributed by atoms with E-state index in [1.807, 2.05) is 30.7 Å². The van der Waals surface area contributed by atoms with Gasteiger partial charge in [0.2, 0.25) is 0 Å². The Hall–Kier alpha value is -2.31. The van der Waals surface area contributed by atoms with E-state index in [9.17, 15) is 4.39 Å². The number of thioether (sulfide) groups is 1. The molecule has 0 unspecified atom stereocenters. The first-order valence-corrected chi connectivity index (χ1v) is 9.77. The van der Waals surface area contributed by atoms with Gasteiger partial charge in [0.05, 0.1) is 17.1 Å². The molecule has 3 heterocycles. The Kier molecular flexibility index (Phi) is 4.95. The predicted octanol–water partition coefficient (Wildman–Crippen LogP) is 3.96. The predicted molar refractivity (Wildman–Crippen MR) is 101 cm³/mol. The second-order valence-electron chi connectivity index (χ2n) is 6.31. The highest BCUT2D eigenvalue weighted by molar-refractivity contribution is 7.98. The van der Waals surface area contributed by atoms with Crippen molar-refractivity contribution < 1.29 is 4.39 Å². The maximum absolute atomic E-state index is 13.1. The van der Waals surface area contributed by atoms with Gasteiger partial charge < -0.3 is 0 Å². The summed E-state index contributed by atoms with van der Waals surface area (Å²) in [5.74, 6) is -0.233. The summed E-state index contributed by atoms with van der Waals surface area (Å²) < 4.78 is 13.1. The van der Waals surface area contributed by atoms with Crippen LogP contribution in [-0.2, 0) is 19.5 Å². The third-order valence-electron chi connectivity index (χ3n) is 4.51. The van der Waals surface area contributed by atoms with E-state index in [4.69, 9.17) is 4.98 Å². The summed E-state index contributed by atoms with van der Waals surface area (Å²) in [4.78, 5) is 16.1. The van der Waals surface area contributed by atoms with Gasteiger partial charge in [-0.1, -0.05) is 17.8 Å². The number of aromatic nitrogens is 3. The lowest BCUT2D eigenvalue weighted by Gasteiger charge is -2.27. The summed E-state index contributed by atoms with van der Waals surface area (Å²) in [5, 5.41) is 0.839.